The lowest BCUT2D eigenvalue weighted by atomic mass is 10.0. The first kappa shape index (κ1) is 11.8. The van der Waals surface area contributed by atoms with Crippen molar-refractivity contribution in [2.24, 2.45) is 5.84 Å². The zero-order chi connectivity index (χ0) is 11.4. The molecule has 0 radical (unpaired) electrons. The molecule has 2 aromatic rings. The highest BCUT2D eigenvalue weighted by Crippen LogP contribution is 2.27. The van der Waals surface area contributed by atoms with Crippen LogP contribution in [-0.4, -0.2) is 0 Å². The molecule has 2 rings (SSSR count). The minimum atomic E-state index is 0.278. The number of thiophene rings is 2. The molecule has 0 aromatic carbocycles. The highest BCUT2D eigenvalue weighted by molar-refractivity contribution is 7.10. The van der Waals surface area contributed by atoms with E-state index < -0.39 is 0 Å². The van der Waals surface area contributed by atoms with Crippen LogP contribution in [0.4, 0.5) is 0 Å². The van der Waals surface area contributed by atoms with Gasteiger partial charge in [-0.05, 0) is 59.2 Å². The molecule has 4 heteroatoms. The maximum absolute atomic E-state index is 5.63. The van der Waals surface area contributed by atoms with Crippen LogP contribution in [0.1, 0.15) is 28.5 Å². The zero-order valence-electron chi connectivity index (χ0n) is 9.27. The van der Waals surface area contributed by atoms with E-state index in [1.165, 1.54) is 16.0 Å². The molecule has 2 aromatic heterocycles. The second kappa shape index (κ2) is 5.59. The summed E-state index contributed by atoms with van der Waals surface area (Å²) in [6.07, 6.45) is 2.13. The van der Waals surface area contributed by atoms with E-state index in [4.69, 9.17) is 5.84 Å². The summed E-state index contributed by atoms with van der Waals surface area (Å²) < 4.78 is 0. The molecular weight excluding hydrogens is 236 g/mol. The molecule has 0 fully saturated rings. The zero-order valence-corrected chi connectivity index (χ0v) is 10.9. The molecule has 1 unspecified atom stereocenters. The number of nitrogens with two attached hydrogens (primary N) is 1. The molecular formula is C12H16N2S2. The smallest absolute Gasteiger partial charge is 0.0559 e. The van der Waals surface area contributed by atoms with Crippen molar-refractivity contribution in [1.82, 2.24) is 5.43 Å². The first-order chi connectivity index (χ1) is 7.81. The highest BCUT2D eigenvalue weighted by atomic mass is 32.1. The molecule has 16 heavy (non-hydrogen) atoms. The summed E-state index contributed by atoms with van der Waals surface area (Å²) in [7, 11) is 0. The normalized spacial score (nSPS) is 12.9. The van der Waals surface area contributed by atoms with Gasteiger partial charge in [-0.2, -0.15) is 11.3 Å². The van der Waals surface area contributed by atoms with Gasteiger partial charge in [0.05, 0.1) is 6.04 Å². The average molecular weight is 252 g/mol. The average Bonchev–Trinajstić information content (AvgIpc) is 2.92. The largest absolute Gasteiger partial charge is 0.271 e. The van der Waals surface area contributed by atoms with Crippen molar-refractivity contribution in [3.63, 3.8) is 0 Å². The fourth-order valence-electron chi connectivity index (χ4n) is 1.78. The molecule has 0 amide bonds. The Balaban J connectivity index is 1.99. The Morgan fingerprint density at radius 3 is 2.81 bits per heavy atom. The minimum Gasteiger partial charge on any atom is -0.271 e. The minimum absolute atomic E-state index is 0.278. The van der Waals surface area contributed by atoms with E-state index >= 15 is 0 Å². The number of hydrogen-bond donors (Lipinski definition) is 2. The summed E-state index contributed by atoms with van der Waals surface area (Å²) in [6, 6.07) is 4.61. The van der Waals surface area contributed by atoms with Crippen molar-refractivity contribution in [1.29, 1.82) is 0 Å². The van der Waals surface area contributed by atoms with Gasteiger partial charge in [0.2, 0.25) is 0 Å². The summed E-state index contributed by atoms with van der Waals surface area (Å²) in [4.78, 5) is 1.36. The maximum atomic E-state index is 5.63. The van der Waals surface area contributed by atoms with E-state index in [0.29, 0.717) is 0 Å². The Bertz CT molecular complexity index is 420. The van der Waals surface area contributed by atoms with Gasteiger partial charge in [-0.1, -0.05) is 0 Å². The van der Waals surface area contributed by atoms with Crippen molar-refractivity contribution in [2.75, 3.05) is 0 Å². The standard InChI is InChI=1S/C12H16N2S2/c1-9-4-7-16-12(9)11(14-13)3-2-10-5-6-15-8-10/h4-8,11,14H,2-3,13H2,1H3. The molecule has 86 valence electrons. The van der Waals surface area contributed by atoms with Gasteiger partial charge in [-0.3, -0.25) is 11.3 Å². The number of hydrazine groups is 1. The van der Waals surface area contributed by atoms with E-state index in [0.717, 1.165) is 12.8 Å². The van der Waals surface area contributed by atoms with Gasteiger partial charge in [0.25, 0.3) is 0 Å². The Morgan fingerprint density at radius 2 is 2.25 bits per heavy atom. The van der Waals surface area contributed by atoms with Crippen molar-refractivity contribution < 1.29 is 0 Å². The molecule has 0 saturated carbocycles. The first-order valence-corrected chi connectivity index (χ1v) is 7.14. The summed E-state index contributed by atoms with van der Waals surface area (Å²) >= 11 is 3.53. The number of aryl methyl sites for hydroxylation is 2. The monoisotopic (exact) mass is 252 g/mol. The fraction of sp³-hybridized carbons (Fsp3) is 0.333. The van der Waals surface area contributed by atoms with E-state index in [-0.39, 0.29) is 6.04 Å². The van der Waals surface area contributed by atoms with Crippen LogP contribution in [-0.2, 0) is 6.42 Å². The van der Waals surface area contributed by atoms with Crippen LogP contribution in [0.2, 0.25) is 0 Å². The summed E-state index contributed by atoms with van der Waals surface area (Å²) in [5.74, 6) is 5.63. The van der Waals surface area contributed by atoms with Gasteiger partial charge in [0, 0.05) is 4.88 Å². The third kappa shape index (κ3) is 2.71. The molecule has 2 nitrogen and oxygen atoms in total. The van der Waals surface area contributed by atoms with Gasteiger partial charge in [0.1, 0.15) is 0 Å². The molecule has 1 atom stereocenters. The lowest BCUT2D eigenvalue weighted by molar-refractivity contribution is 0.522. The fourth-order valence-corrected chi connectivity index (χ4v) is 3.50. The van der Waals surface area contributed by atoms with Gasteiger partial charge in [-0.25, -0.2) is 0 Å². The Labute approximate surface area is 104 Å². The SMILES string of the molecule is Cc1ccsc1C(CCc1ccsc1)NN. The van der Waals surface area contributed by atoms with Crippen LogP contribution in [0, 0.1) is 6.92 Å². The number of hydrogen-bond acceptors (Lipinski definition) is 4. The van der Waals surface area contributed by atoms with Crippen LogP contribution >= 0.6 is 22.7 Å². The number of rotatable bonds is 5. The molecule has 2 heterocycles. The topological polar surface area (TPSA) is 38.0 Å². The highest BCUT2D eigenvalue weighted by Gasteiger charge is 2.13. The number of nitrogens with one attached hydrogen (secondary N) is 1. The quantitative estimate of drug-likeness (QED) is 0.633. The second-order valence-electron chi connectivity index (χ2n) is 3.86. The maximum Gasteiger partial charge on any atom is 0.0559 e. The predicted octanol–water partition coefficient (Wildman–Crippen LogP) is 3.26. The molecule has 0 aliphatic rings. The molecule has 0 bridgehead atoms. The first-order valence-electron chi connectivity index (χ1n) is 5.32. The van der Waals surface area contributed by atoms with E-state index in [2.05, 4.69) is 40.6 Å². The van der Waals surface area contributed by atoms with Gasteiger partial charge in [-0.15, -0.1) is 11.3 Å². The van der Waals surface area contributed by atoms with E-state index in [1.54, 1.807) is 22.7 Å². The second-order valence-corrected chi connectivity index (χ2v) is 5.59. The Kier molecular flexibility index (Phi) is 4.12. The Morgan fingerprint density at radius 1 is 1.38 bits per heavy atom. The van der Waals surface area contributed by atoms with Crippen molar-refractivity contribution in [2.45, 2.75) is 25.8 Å². The Hall–Kier alpha value is -0.680. The molecule has 0 saturated heterocycles. The summed E-state index contributed by atoms with van der Waals surface area (Å²) in [5, 5.41) is 6.45. The van der Waals surface area contributed by atoms with Crippen LogP contribution < -0.4 is 11.3 Å². The molecule has 3 N–H and O–H groups in total. The third-order valence-corrected chi connectivity index (χ3v) is 4.59. The van der Waals surface area contributed by atoms with Gasteiger partial charge in [0.15, 0.2) is 0 Å². The lowest BCUT2D eigenvalue weighted by Crippen LogP contribution is -2.28. The van der Waals surface area contributed by atoms with E-state index in [1.807, 2.05) is 0 Å². The predicted molar refractivity (Wildman–Crippen MR) is 71.8 cm³/mol. The lowest BCUT2D eigenvalue weighted by Gasteiger charge is -2.15. The van der Waals surface area contributed by atoms with Crippen molar-refractivity contribution in [3.8, 4) is 0 Å². The van der Waals surface area contributed by atoms with Gasteiger partial charge >= 0.3 is 0 Å². The summed E-state index contributed by atoms with van der Waals surface area (Å²) in [5.41, 5.74) is 5.66. The molecule has 0 aliphatic carbocycles. The van der Waals surface area contributed by atoms with Crippen molar-refractivity contribution in [3.05, 3.63) is 44.3 Å². The van der Waals surface area contributed by atoms with Crippen LogP contribution in [0.5, 0.6) is 0 Å². The van der Waals surface area contributed by atoms with Crippen LogP contribution in [0.25, 0.3) is 0 Å². The third-order valence-electron chi connectivity index (χ3n) is 2.72. The molecule has 0 aliphatic heterocycles. The van der Waals surface area contributed by atoms with E-state index in [9.17, 15) is 0 Å². The van der Waals surface area contributed by atoms with Crippen LogP contribution in [0.15, 0.2) is 28.3 Å². The van der Waals surface area contributed by atoms with Gasteiger partial charge < -0.3 is 0 Å². The molecule has 0 spiro atoms. The van der Waals surface area contributed by atoms with Crippen LogP contribution in [0.3, 0.4) is 0 Å². The van der Waals surface area contributed by atoms with Crippen molar-refractivity contribution >= 4 is 22.7 Å². The summed E-state index contributed by atoms with van der Waals surface area (Å²) in [6.45, 7) is 2.14.